The summed E-state index contributed by atoms with van der Waals surface area (Å²) < 4.78 is 1.57. The number of hydrogen-bond donors (Lipinski definition) is 1. The lowest BCUT2D eigenvalue weighted by Gasteiger charge is -2.06. The summed E-state index contributed by atoms with van der Waals surface area (Å²) in [7, 11) is 1.74. The van der Waals surface area contributed by atoms with Crippen LogP contribution < -0.4 is 5.32 Å². The third-order valence-electron chi connectivity index (χ3n) is 2.53. The van der Waals surface area contributed by atoms with Crippen LogP contribution in [-0.4, -0.2) is 31.2 Å². The number of aryl methyl sites for hydroxylation is 2. The highest BCUT2D eigenvalue weighted by Crippen LogP contribution is 2.29. The van der Waals surface area contributed by atoms with Crippen molar-refractivity contribution in [1.29, 1.82) is 0 Å². The molecule has 2 heterocycles. The van der Waals surface area contributed by atoms with Crippen LogP contribution in [0.4, 0.5) is 11.6 Å². The van der Waals surface area contributed by atoms with Crippen molar-refractivity contribution < 1.29 is 4.92 Å². The molecule has 2 aromatic rings. The van der Waals surface area contributed by atoms with Crippen molar-refractivity contribution in [2.75, 3.05) is 11.9 Å². The summed E-state index contributed by atoms with van der Waals surface area (Å²) >= 11 is 0. The zero-order chi connectivity index (χ0) is 14.0. The Balaban J connectivity index is 2.64. The number of nitrogens with one attached hydrogen (secondary N) is 1. The van der Waals surface area contributed by atoms with Crippen LogP contribution in [0.1, 0.15) is 12.6 Å². The Labute approximate surface area is 109 Å². The molecule has 0 amide bonds. The van der Waals surface area contributed by atoms with Gasteiger partial charge in [0.15, 0.2) is 5.69 Å². The Hall–Kier alpha value is -2.51. The molecule has 2 rings (SSSR count). The number of hydrogen-bond acceptors (Lipinski definition) is 6. The van der Waals surface area contributed by atoms with Crippen molar-refractivity contribution >= 4 is 11.6 Å². The van der Waals surface area contributed by atoms with E-state index >= 15 is 0 Å². The first-order chi connectivity index (χ1) is 9.02. The molecule has 1 N–H and O–H groups in total. The lowest BCUT2D eigenvalue weighted by Crippen LogP contribution is -2.07. The van der Waals surface area contributed by atoms with Crippen molar-refractivity contribution in [3.63, 3.8) is 0 Å². The SMILES string of the molecule is CCNc1nc(C)c([N+](=O)[O-])c(-c2ccn(C)n2)n1. The topological polar surface area (TPSA) is 98.8 Å². The van der Waals surface area contributed by atoms with Crippen LogP contribution >= 0.6 is 0 Å². The Morgan fingerprint density at radius 2 is 2.21 bits per heavy atom. The molecule has 0 bridgehead atoms. The molecule has 8 nitrogen and oxygen atoms in total. The van der Waals surface area contributed by atoms with Crippen LogP contribution in [0.25, 0.3) is 11.4 Å². The summed E-state index contributed by atoms with van der Waals surface area (Å²) in [6.07, 6.45) is 1.71. The maximum atomic E-state index is 11.2. The summed E-state index contributed by atoms with van der Waals surface area (Å²) in [6.45, 7) is 4.13. The van der Waals surface area contributed by atoms with Crippen LogP contribution in [0.5, 0.6) is 0 Å². The zero-order valence-electron chi connectivity index (χ0n) is 10.9. The van der Waals surface area contributed by atoms with Crippen molar-refractivity contribution in [2.24, 2.45) is 7.05 Å². The summed E-state index contributed by atoms with van der Waals surface area (Å²) in [5, 5.41) is 18.3. The number of nitro groups is 1. The molecular formula is C11H14N6O2. The zero-order valence-corrected chi connectivity index (χ0v) is 10.9. The van der Waals surface area contributed by atoms with E-state index in [9.17, 15) is 10.1 Å². The molecule has 0 aliphatic carbocycles. The van der Waals surface area contributed by atoms with Crippen LogP contribution in [-0.2, 0) is 7.05 Å². The average molecular weight is 262 g/mol. The fourth-order valence-corrected chi connectivity index (χ4v) is 1.74. The maximum absolute atomic E-state index is 11.2. The first kappa shape index (κ1) is 12.9. The van der Waals surface area contributed by atoms with E-state index in [0.29, 0.717) is 23.9 Å². The van der Waals surface area contributed by atoms with E-state index in [1.165, 1.54) is 0 Å². The molecule has 0 spiro atoms. The number of nitrogens with zero attached hydrogens (tertiary/aromatic N) is 5. The molecule has 0 saturated carbocycles. The van der Waals surface area contributed by atoms with E-state index in [2.05, 4.69) is 20.4 Å². The molecule has 0 fully saturated rings. The van der Waals surface area contributed by atoms with Crippen molar-refractivity contribution in [3.05, 3.63) is 28.1 Å². The second-order valence-corrected chi connectivity index (χ2v) is 3.99. The maximum Gasteiger partial charge on any atom is 0.318 e. The molecule has 0 saturated heterocycles. The summed E-state index contributed by atoms with van der Waals surface area (Å²) in [5.41, 5.74) is 0.893. The monoisotopic (exact) mass is 262 g/mol. The summed E-state index contributed by atoms with van der Waals surface area (Å²) in [4.78, 5) is 19.0. The van der Waals surface area contributed by atoms with Gasteiger partial charge in [-0.15, -0.1) is 0 Å². The van der Waals surface area contributed by atoms with Gasteiger partial charge < -0.3 is 5.32 Å². The quantitative estimate of drug-likeness (QED) is 0.662. The van der Waals surface area contributed by atoms with Crippen LogP contribution in [0.15, 0.2) is 12.3 Å². The molecule has 0 atom stereocenters. The summed E-state index contributed by atoms with van der Waals surface area (Å²) in [5.74, 6) is 0.367. The fourth-order valence-electron chi connectivity index (χ4n) is 1.74. The Bertz CT molecular complexity index is 622. The van der Waals surface area contributed by atoms with Gasteiger partial charge >= 0.3 is 5.69 Å². The van der Waals surface area contributed by atoms with Gasteiger partial charge in [0, 0.05) is 19.8 Å². The highest BCUT2D eigenvalue weighted by atomic mass is 16.6. The van der Waals surface area contributed by atoms with Gasteiger partial charge in [-0.2, -0.15) is 5.10 Å². The molecule has 100 valence electrons. The first-order valence-corrected chi connectivity index (χ1v) is 5.79. The molecule has 0 radical (unpaired) electrons. The molecule has 0 unspecified atom stereocenters. The predicted octanol–water partition coefficient (Wildman–Crippen LogP) is 1.53. The van der Waals surface area contributed by atoms with Crippen LogP contribution in [0.2, 0.25) is 0 Å². The van der Waals surface area contributed by atoms with E-state index in [1.807, 2.05) is 6.92 Å². The van der Waals surface area contributed by atoms with Crippen LogP contribution in [0.3, 0.4) is 0 Å². The minimum atomic E-state index is -0.477. The molecule has 0 aliphatic rings. The fraction of sp³-hybridized carbons (Fsp3) is 0.364. The van der Waals surface area contributed by atoms with Gasteiger partial charge in [0.25, 0.3) is 0 Å². The number of rotatable bonds is 4. The Morgan fingerprint density at radius 3 is 2.74 bits per heavy atom. The molecule has 8 heteroatoms. The predicted molar refractivity (Wildman–Crippen MR) is 69.8 cm³/mol. The molecule has 0 aliphatic heterocycles. The van der Waals surface area contributed by atoms with Gasteiger partial charge in [0.05, 0.1) is 4.92 Å². The van der Waals surface area contributed by atoms with E-state index in [-0.39, 0.29) is 11.4 Å². The third-order valence-corrected chi connectivity index (χ3v) is 2.53. The lowest BCUT2D eigenvalue weighted by molar-refractivity contribution is -0.385. The van der Waals surface area contributed by atoms with E-state index < -0.39 is 4.92 Å². The van der Waals surface area contributed by atoms with Gasteiger partial charge in [-0.25, -0.2) is 9.97 Å². The van der Waals surface area contributed by atoms with Gasteiger partial charge in [-0.05, 0) is 19.9 Å². The number of aromatic nitrogens is 4. The first-order valence-electron chi connectivity index (χ1n) is 5.79. The van der Waals surface area contributed by atoms with Gasteiger partial charge in [0.2, 0.25) is 5.95 Å². The smallest absolute Gasteiger partial charge is 0.318 e. The largest absolute Gasteiger partial charge is 0.354 e. The average Bonchev–Trinajstić information content (AvgIpc) is 2.75. The summed E-state index contributed by atoms with van der Waals surface area (Å²) in [6, 6.07) is 1.69. The molecule has 2 aromatic heterocycles. The van der Waals surface area contributed by atoms with E-state index in [1.54, 1.807) is 30.9 Å². The number of anilines is 1. The van der Waals surface area contributed by atoms with Gasteiger partial charge in [-0.3, -0.25) is 14.8 Å². The second-order valence-electron chi connectivity index (χ2n) is 3.99. The minimum Gasteiger partial charge on any atom is -0.354 e. The molecule has 19 heavy (non-hydrogen) atoms. The third kappa shape index (κ3) is 2.51. The van der Waals surface area contributed by atoms with Crippen LogP contribution in [0, 0.1) is 17.0 Å². The second kappa shape index (κ2) is 5.01. The van der Waals surface area contributed by atoms with Gasteiger partial charge in [-0.1, -0.05) is 0 Å². The van der Waals surface area contributed by atoms with E-state index in [0.717, 1.165) is 0 Å². The molecule has 0 aromatic carbocycles. The molecular weight excluding hydrogens is 248 g/mol. The van der Waals surface area contributed by atoms with Crippen molar-refractivity contribution in [1.82, 2.24) is 19.7 Å². The van der Waals surface area contributed by atoms with Crippen molar-refractivity contribution in [2.45, 2.75) is 13.8 Å². The lowest BCUT2D eigenvalue weighted by atomic mass is 10.2. The highest BCUT2D eigenvalue weighted by molar-refractivity contribution is 5.68. The van der Waals surface area contributed by atoms with E-state index in [4.69, 9.17) is 0 Å². The van der Waals surface area contributed by atoms with Crippen molar-refractivity contribution in [3.8, 4) is 11.4 Å². The normalized spacial score (nSPS) is 10.5. The van der Waals surface area contributed by atoms with Gasteiger partial charge in [0.1, 0.15) is 11.4 Å². The standard InChI is InChI=1S/C11H14N6O2/c1-4-12-11-13-7(2)10(17(18)19)9(14-11)8-5-6-16(3)15-8/h5-6H,4H2,1-3H3,(H,12,13,14). The Kier molecular flexibility index (Phi) is 3.41. The highest BCUT2D eigenvalue weighted by Gasteiger charge is 2.24. The minimum absolute atomic E-state index is 0.111. The Morgan fingerprint density at radius 1 is 1.47 bits per heavy atom.